The maximum Gasteiger partial charge on any atom is 0.204 e. The van der Waals surface area contributed by atoms with Crippen LogP contribution in [-0.2, 0) is 0 Å². The molecule has 1 aromatic rings. The molecule has 0 aliphatic carbocycles. The fourth-order valence-corrected chi connectivity index (χ4v) is 2.47. The van der Waals surface area contributed by atoms with Gasteiger partial charge in [-0.15, -0.1) is 0 Å². The summed E-state index contributed by atoms with van der Waals surface area (Å²) < 4.78 is 51.8. The van der Waals surface area contributed by atoms with Gasteiger partial charge in [0.1, 0.15) is 0 Å². The Morgan fingerprint density at radius 3 is 1.50 bits per heavy atom. The number of halogens is 4. The Bertz CT molecular complexity index is 342. The SMILES string of the molecule is C[P+](C)(C)c1c(F)c(F)[c]c(F)c1F. The molecule has 1 radical (unpaired) electrons. The lowest BCUT2D eigenvalue weighted by molar-refractivity contribution is 0.460. The van der Waals surface area contributed by atoms with Gasteiger partial charge in [-0.25, -0.2) is 8.78 Å². The van der Waals surface area contributed by atoms with E-state index in [0.29, 0.717) is 0 Å². The van der Waals surface area contributed by atoms with E-state index in [1.807, 2.05) is 0 Å². The van der Waals surface area contributed by atoms with Gasteiger partial charge in [-0.3, -0.25) is 0 Å². The molecule has 0 saturated heterocycles. The van der Waals surface area contributed by atoms with Crippen molar-refractivity contribution in [2.75, 3.05) is 20.0 Å². The third-order valence-corrected chi connectivity index (χ3v) is 3.43. The van der Waals surface area contributed by atoms with Crippen LogP contribution in [0.25, 0.3) is 0 Å². The molecule has 0 heterocycles. The summed E-state index contributed by atoms with van der Waals surface area (Å²) in [5.41, 5.74) is 0. The average molecular weight is 224 g/mol. The number of benzene rings is 1. The smallest absolute Gasteiger partial charge is 0.203 e. The summed E-state index contributed by atoms with van der Waals surface area (Å²) in [5, 5.41) is -0.480. The zero-order valence-corrected chi connectivity index (χ0v) is 8.85. The van der Waals surface area contributed by atoms with Crippen molar-refractivity contribution in [2.45, 2.75) is 0 Å². The van der Waals surface area contributed by atoms with Crippen LogP contribution in [0.2, 0.25) is 0 Å². The van der Waals surface area contributed by atoms with Crippen molar-refractivity contribution in [1.29, 1.82) is 0 Å². The van der Waals surface area contributed by atoms with E-state index in [1.165, 1.54) is 6.07 Å². The Kier molecular flexibility index (Phi) is 2.86. The third-order valence-electron chi connectivity index (χ3n) is 1.69. The Balaban J connectivity index is 3.56. The summed E-state index contributed by atoms with van der Waals surface area (Å²) in [4.78, 5) is 0. The van der Waals surface area contributed by atoms with Crippen molar-refractivity contribution >= 4 is 12.6 Å². The molecule has 5 heteroatoms. The molecule has 0 saturated carbocycles. The molecule has 0 bridgehead atoms. The van der Waals surface area contributed by atoms with E-state index in [-0.39, 0.29) is 0 Å². The first-order chi connectivity index (χ1) is 6.25. The van der Waals surface area contributed by atoms with Gasteiger partial charge in [0, 0.05) is 7.26 Å². The second-order valence-corrected chi connectivity index (χ2v) is 8.21. The molecule has 0 N–H and O–H groups in total. The number of rotatable bonds is 1. The Hall–Kier alpha value is -0.630. The molecule has 0 aromatic heterocycles. The molecule has 0 atom stereocenters. The van der Waals surface area contributed by atoms with E-state index in [0.717, 1.165) is 0 Å². The standard InChI is InChI=1S/C9H9F4P/c1-14(2,3)9-7(12)5(10)4-6(11)8(9)13/h1-3H3/q+1. The second-order valence-electron chi connectivity index (χ2n) is 3.74. The van der Waals surface area contributed by atoms with Gasteiger partial charge < -0.3 is 0 Å². The van der Waals surface area contributed by atoms with Gasteiger partial charge in [0.15, 0.2) is 16.9 Å². The van der Waals surface area contributed by atoms with Gasteiger partial charge in [0.05, 0.1) is 26.1 Å². The van der Waals surface area contributed by atoms with E-state index in [9.17, 15) is 17.6 Å². The lowest BCUT2D eigenvalue weighted by Crippen LogP contribution is -2.21. The minimum absolute atomic E-state index is 0.480. The minimum Gasteiger partial charge on any atom is -0.203 e. The summed E-state index contributed by atoms with van der Waals surface area (Å²) in [6.45, 7) is 4.73. The minimum atomic E-state index is -2.15. The zero-order chi connectivity index (χ0) is 11.1. The van der Waals surface area contributed by atoms with E-state index >= 15 is 0 Å². The summed E-state index contributed by atoms with van der Waals surface area (Å²) in [6, 6.07) is 1.35. The van der Waals surface area contributed by atoms with Crippen LogP contribution in [0.1, 0.15) is 0 Å². The van der Waals surface area contributed by atoms with Crippen LogP contribution >= 0.6 is 7.26 Å². The predicted molar refractivity (Wildman–Crippen MR) is 49.4 cm³/mol. The largest absolute Gasteiger partial charge is 0.204 e. The third kappa shape index (κ3) is 1.90. The van der Waals surface area contributed by atoms with Gasteiger partial charge >= 0.3 is 0 Å². The molecule has 0 amide bonds. The topological polar surface area (TPSA) is 0 Å². The van der Waals surface area contributed by atoms with Crippen LogP contribution in [0.3, 0.4) is 0 Å². The van der Waals surface area contributed by atoms with Crippen LogP contribution in [0.4, 0.5) is 17.6 Å². The van der Waals surface area contributed by atoms with E-state index < -0.39 is 35.8 Å². The highest BCUT2D eigenvalue weighted by Gasteiger charge is 2.34. The maximum atomic E-state index is 13.2. The summed E-state index contributed by atoms with van der Waals surface area (Å²) in [6.07, 6.45) is 0. The summed E-state index contributed by atoms with van der Waals surface area (Å²) >= 11 is 0. The van der Waals surface area contributed by atoms with Crippen molar-refractivity contribution in [3.8, 4) is 0 Å². The highest BCUT2D eigenvalue weighted by atomic mass is 31.2. The van der Waals surface area contributed by atoms with Gasteiger partial charge in [-0.1, -0.05) is 0 Å². The molecule has 0 aliphatic rings. The van der Waals surface area contributed by atoms with Crippen molar-refractivity contribution in [3.05, 3.63) is 29.3 Å². The zero-order valence-electron chi connectivity index (χ0n) is 7.96. The van der Waals surface area contributed by atoms with E-state index in [4.69, 9.17) is 0 Å². The van der Waals surface area contributed by atoms with Crippen LogP contribution in [0.5, 0.6) is 0 Å². The quantitative estimate of drug-likeness (QED) is 0.390. The molecule has 0 spiro atoms. The lowest BCUT2D eigenvalue weighted by atomic mass is 10.3. The van der Waals surface area contributed by atoms with Crippen LogP contribution in [0.15, 0.2) is 0 Å². The summed E-state index contributed by atoms with van der Waals surface area (Å²) in [7, 11) is -2.15. The number of hydrogen-bond acceptors (Lipinski definition) is 0. The van der Waals surface area contributed by atoms with E-state index in [2.05, 4.69) is 0 Å². The molecule has 14 heavy (non-hydrogen) atoms. The van der Waals surface area contributed by atoms with Gasteiger partial charge in [-0.2, -0.15) is 8.78 Å². The van der Waals surface area contributed by atoms with Gasteiger partial charge in [-0.05, 0) is 0 Å². The molecular weight excluding hydrogens is 215 g/mol. The fraction of sp³-hybridized carbons (Fsp3) is 0.333. The van der Waals surface area contributed by atoms with Crippen molar-refractivity contribution in [2.24, 2.45) is 0 Å². The normalized spacial score (nSPS) is 11.9. The highest BCUT2D eigenvalue weighted by Crippen LogP contribution is 2.47. The fourth-order valence-electron chi connectivity index (χ4n) is 1.10. The van der Waals surface area contributed by atoms with Crippen molar-refractivity contribution < 1.29 is 17.6 Å². The molecule has 1 aromatic carbocycles. The highest BCUT2D eigenvalue weighted by molar-refractivity contribution is 7.80. The Labute approximate surface area is 80.3 Å². The van der Waals surface area contributed by atoms with Gasteiger partial charge in [0.2, 0.25) is 11.6 Å². The molecule has 1 rings (SSSR count). The van der Waals surface area contributed by atoms with Crippen LogP contribution < -0.4 is 5.30 Å². The first kappa shape index (κ1) is 11.4. The summed E-state index contributed by atoms with van der Waals surface area (Å²) in [5.74, 6) is -5.59. The Morgan fingerprint density at radius 2 is 1.21 bits per heavy atom. The molecule has 0 fully saturated rings. The predicted octanol–water partition coefficient (Wildman–Crippen LogP) is 2.58. The Morgan fingerprint density at radius 1 is 0.857 bits per heavy atom. The molecule has 0 aliphatic heterocycles. The molecule has 77 valence electrons. The van der Waals surface area contributed by atoms with Crippen LogP contribution in [-0.4, -0.2) is 20.0 Å². The maximum absolute atomic E-state index is 13.2. The van der Waals surface area contributed by atoms with Crippen molar-refractivity contribution in [1.82, 2.24) is 0 Å². The molecular formula is C9H9F4P+. The second kappa shape index (κ2) is 3.50. The lowest BCUT2D eigenvalue weighted by Gasteiger charge is -2.13. The molecule has 0 unspecified atom stereocenters. The first-order valence-corrected chi connectivity index (χ1v) is 6.95. The average Bonchev–Trinajstić information content (AvgIpc) is 1.98. The van der Waals surface area contributed by atoms with Gasteiger partial charge in [0.25, 0.3) is 0 Å². The van der Waals surface area contributed by atoms with Crippen molar-refractivity contribution in [3.63, 3.8) is 0 Å². The number of hydrogen-bond donors (Lipinski definition) is 0. The monoisotopic (exact) mass is 224 g/mol. The molecule has 0 nitrogen and oxygen atoms in total. The van der Waals surface area contributed by atoms with Crippen LogP contribution in [0, 0.1) is 29.3 Å². The van der Waals surface area contributed by atoms with E-state index in [1.54, 1.807) is 20.0 Å². The first-order valence-electron chi connectivity index (χ1n) is 3.82.